The van der Waals surface area contributed by atoms with Crippen LogP contribution in [-0.2, 0) is 9.59 Å². The predicted molar refractivity (Wildman–Crippen MR) is 41.9 cm³/mol. The summed E-state index contributed by atoms with van der Waals surface area (Å²) in [7, 11) is 0. The Morgan fingerprint density at radius 3 is 2.33 bits per heavy atom. The number of rotatable bonds is 5. The van der Waals surface area contributed by atoms with E-state index in [0.717, 1.165) is 0 Å². The van der Waals surface area contributed by atoms with Gasteiger partial charge in [0, 0.05) is 0 Å². The lowest BCUT2D eigenvalue weighted by molar-refractivity contribution is -0.138. The minimum atomic E-state index is -1.28. The Morgan fingerprint density at radius 2 is 2.08 bits per heavy atom. The number of hydrogen-bond acceptors (Lipinski definition) is 4. The first-order chi connectivity index (χ1) is 5.49. The van der Waals surface area contributed by atoms with Crippen LogP contribution in [0.25, 0.3) is 0 Å². The van der Waals surface area contributed by atoms with Crippen LogP contribution in [0.2, 0.25) is 0 Å². The number of amides is 1. The van der Waals surface area contributed by atoms with Crippen LogP contribution in [0.15, 0.2) is 0 Å². The molecule has 0 heterocycles. The van der Waals surface area contributed by atoms with Gasteiger partial charge in [-0.15, -0.1) is 0 Å². The molecule has 12 heavy (non-hydrogen) atoms. The fourth-order valence-corrected chi connectivity index (χ4v) is 0.896. The lowest BCUT2D eigenvalue weighted by Crippen LogP contribution is -2.37. The number of primary amides is 1. The highest BCUT2D eigenvalue weighted by atomic mass is 32.2. The summed E-state index contributed by atoms with van der Waals surface area (Å²) in [4.78, 5) is 20.6. The summed E-state index contributed by atoms with van der Waals surface area (Å²) in [6.07, 6.45) is -0.300. The van der Waals surface area contributed by atoms with Crippen LogP contribution in [0.1, 0.15) is 6.42 Å². The third kappa shape index (κ3) is 3.54. The van der Waals surface area contributed by atoms with Crippen molar-refractivity contribution in [2.45, 2.75) is 17.7 Å². The van der Waals surface area contributed by atoms with Crippen LogP contribution in [-0.4, -0.2) is 28.3 Å². The number of carboxylic acid groups (broad SMARTS) is 1. The maximum atomic E-state index is 11.9. The smallest absolute Gasteiger partial charge is 0.320 e. The Hall–Kier alpha value is -0.820. The van der Waals surface area contributed by atoms with Crippen molar-refractivity contribution in [1.82, 2.24) is 0 Å². The molecular formula is C5H9FN2O3S. The first kappa shape index (κ1) is 11.2. The van der Waals surface area contributed by atoms with Crippen LogP contribution in [0.3, 0.4) is 0 Å². The van der Waals surface area contributed by atoms with Gasteiger partial charge in [-0.05, 0) is 6.42 Å². The molecule has 1 amide bonds. The Morgan fingerprint density at radius 1 is 1.58 bits per heavy atom. The number of carboxylic acids is 1. The molecule has 0 saturated heterocycles. The Bertz CT molecular complexity index is 190. The van der Waals surface area contributed by atoms with E-state index in [1.807, 2.05) is 0 Å². The molecule has 2 atom stereocenters. The molecule has 5 nitrogen and oxygen atoms in total. The number of hydrogen-bond donors (Lipinski definition) is 3. The van der Waals surface area contributed by atoms with Gasteiger partial charge in [-0.3, -0.25) is 9.59 Å². The third-order valence-corrected chi connectivity index (χ3v) is 1.85. The summed E-state index contributed by atoms with van der Waals surface area (Å²) < 4.78 is 11.9. The van der Waals surface area contributed by atoms with Gasteiger partial charge in [0.05, 0.1) is 12.1 Å². The van der Waals surface area contributed by atoms with Gasteiger partial charge in [-0.1, -0.05) is 0 Å². The van der Waals surface area contributed by atoms with Gasteiger partial charge >= 0.3 is 5.97 Å². The maximum absolute atomic E-state index is 11.9. The van der Waals surface area contributed by atoms with Crippen molar-refractivity contribution in [2.24, 2.45) is 11.5 Å². The van der Waals surface area contributed by atoms with Crippen LogP contribution in [0.5, 0.6) is 0 Å². The summed E-state index contributed by atoms with van der Waals surface area (Å²) >= 11 is -0.294. The van der Waals surface area contributed by atoms with Crippen LogP contribution in [0.4, 0.5) is 3.89 Å². The second kappa shape index (κ2) is 4.94. The fourth-order valence-electron chi connectivity index (χ4n) is 0.528. The van der Waals surface area contributed by atoms with Gasteiger partial charge in [0.2, 0.25) is 5.91 Å². The summed E-state index contributed by atoms with van der Waals surface area (Å²) in [5.74, 6) is -2.19. The molecule has 5 N–H and O–H groups in total. The number of halogens is 1. The van der Waals surface area contributed by atoms with Gasteiger partial charge < -0.3 is 16.6 Å². The average Bonchev–Trinajstić information content (AvgIpc) is 1.98. The van der Waals surface area contributed by atoms with E-state index in [1.165, 1.54) is 0 Å². The van der Waals surface area contributed by atoms with Crippen molar-refractivity contribution in [3.63, 3.8) is 0 Å². The van der Waals surface area contributed by atoms with E-state index < -0.39 is 23.2 Å². The van der Waals surface area contributed by atoms with E-state index in [2.05, 4.69) is 0 Å². The molecule has 0 spiro atoms. The highest BCUT2D eigenvalue weighted by molar-refractivity contribution is 7.95. The monoisotopic (exact) mass is 196 g/mol. The van der Waals surface area contributed by atoms with Crippen LogP contribution < -0.4 is 11.5 Å². The minimum Gasteiger partial charge on any atom is -0.480 e. The van der Waals surface area contributed by atoms with Gasteiger partial charge in [0.15, 0.2) is 0 Å². The van der Waals surface area contributed by atoms with Crippen molar-refractivity contribution in [3.8, 4) is 0 Å². The molecule has 0 aromatic rings. The van der Waals surface area contributed by atoms with Gasteiger partial charge in [-0.2, -0.15) is 3.89 Å². The number of carbonyl (C=O) groups is 2. The van der Waals surface area contributed by atoms with E-state index in [-0.39, 0.29) is 18.6 Å². The predicted octanol–water partition coefficient (Wildman–Crippen LogP) is -0.740. The molecule has 0 rings (SSSR count). The summed E-state index contributed by atoms with van der Waals surface area (Å²) in [6.45, 7) is 0. The van der Waals surface area contributed by atoms with Crippen LogP contribution >= 0.6 is 12.1 Å². The molecule has 0 aliphatic carbocycles. The van der Waals surface area contributed by atoms with Crippen molar-refractivity contribution in [1.29, 1.82) is 0 Å². The van der Waals surface area contributed by atoms with E-state index in [9.17, 15) is 13.5 Å². The number of aliphatic carboxylic acids is 1. The van der Waals surface area contributed by atoms with E-state index in [0.29, 0.717) is 0 Å². The van der Waals surface area contributed by atoms with E-state index >= 15 is 0 Å². The van der Waals surface area contributed by atoms with Crippen molar-refractivity contribution in [2.75, 3.05) is 0 Å². The first-order valence-corrected chi connectivity index (χ1v) is 3.82. The third-order valence-electron chi connectivity index (χ3n) is 1.21. The Balaban J connectivity index is 4.02. The van der Waals surface area contributed by atoms with Gasteiger partial charge in [-0.25, -0.2) is 0 Å². The molecule has 0 saturated carbocycles. The zero-order chi connectivity index (χ0) is 9.72. The largest absolute Gasteiger partial charge is 0.480 e. The molecule has 0 unspecified atom stereocenters. The Kier molecular flexibility index (Phi) is 4.60. The standard InChI is InChI=1S/C5H9FN2O3S/c6-12-3(4(8)9)1-2(7)5(10)11/h2-3H,1,7H2,(H2,8,9)(H,10,11)/t2-,3+/m0/s1. The molecule has 0 fully saturated rings. The topological polar surface area (TPSA) is 106 Å². The molecule has 0 bridgehead atoms. The summed E-state index contributed by atoms with van der Waals surface area (Å²) in [6, 6.07) is -1.26. The van der Waals surface area contributed by atoms with E-state index in [4.69, 9.17) is 16.6 Å². The molecule has 0 radical (unpaired) electrons. The van der Waals surface area contributed by atoms with Crippen molar-refractivity contribution >= 4 is 24.0 Å². The average molecular weight is 196 g/mol. The lowest BCUT2D eigenvalue weighted by atomic mass is 10.1. The van der Waals surface area contributed by atoms with Crippen LogP contribution in [0, 0.1) is 0 Å². The second-order valence-corrected chi connectivity index (χ2v) is 2.91. The van der Waals surface area contributed by atoms with Gasteiger partial charge in [0.25, 0.3) is 0 Å². The SMILES string of the molecule is NC(=O)[C@@H](C[C@H](N)C(=O)O)SF. The molecule has 7 heteroatoms. The molecule has 0 aliphatic rings. The second-order valence-electron chi connectivity index (χ2n) is 2.16. The number of nitrogens with two attached hydrogens (primary N) is 2. The van der Waals surface area contributed by atoms with Crippen molar-refractivity contribution in [3.05, 3.63) is 0 Å². The van der Waals surface area contributed by atoms with Gasteiger partial charge in [0.1, 0.15) is 11.3 Å². The molecule has 0 aromatic carbocycles. The normalized spacial score (nSPS) is 15.2. The summed E-state index contributed by atoms with van der Waals surface area (Å²) in [5, 5.41) is 7.12. The minimum absolute atomic E-state index is 0.294. The molecule has 70 valence electrons. The summed E-state index contributed by atoms with van der Waals surface area (Å²) in [5.41, 5.74) is 9.79. The highest BCUT2D eigenvalue weighted by Crippen LogP contribution is 2.16. The first-order valence-electron chi connectivity index (χ1n) is 3.04. The molecule has 0 aliphatic heterocycles. The fraction of sp³-hybridized carbons (Fsp3) is 0.600. The lowest BCUT2D eigenvalue weighted by Gasteiger charge is -2.10. The zero-order valence-corrected chi connectivity index (χ0v) is 6.88. The quantitative estimate of drug-likeness (QED) is 0.537. The highest BCUT2D eigenvalue weighted by Gasteiger charge is 2.23. The van der Waals surface area contributed by atoms with E-state index in [1.54, 1.807) is 0 Å². The number of carbonyl (C=O) groups excluding carboxylic acids is 1. The molecule has 0 aromatic heterocycles. The zero-order valence-electron chi connectivity index (χ0n) is 6.07. The Labute approximate surface area is 72.6 Å². The van der Waals surface area contributed by atoms with Crippen molar-refractivity contribution < 1.29 is 18.6 Å². The molecular weight excluding hydrogens is 187 g/mol. The maximum Gasteiger partial charge on any atom is 0.320 e.